The van der Waals surface area contributed by atoms with Crippen LogP contribution < -0.4 is 4.74 Å². The Kier molecular flexibility index (Phi) is 3.00. The summed E-state index contributed by atoms with van der Waals surface area (Å²) in [5.41, 5.74) is 1.35. The van der Waals surface area contributed by atoms with E-state index in [0.29, 0.717) is 23.7 Å². The predicted octanol–water partition coefficient (Wildman–Crippen LogP) is 2.67. The van der Waals surface area contributed by atoms with Crippen molar-refractivity contribution in [3.8, 4) is 17.1 Å². The van der Waals surface area contributed by atoms with E-state index >= 15 is 0 Å². The van der Waals surface area contributed by atoms with Gasteiger partial charge in [0.05, 0.1) is 6.61 Å². The van der Waals surface area contributed by atoms with Crippen LogP contribution in [0.15, 0.2) is 27.2 Å². The van der Waals surface area contributed by atoms with E-state index in [4.69, 9.17) is 19.1 Å². The predicted molar refractivity (Wildman–Crippen MR) is 66.9 cm³/mol. The smallest absolute Gasteiger partial charge is 0.358 e. The number of carboxylic acids is 1. The first kappa shape index (κ1) is 12.2. The summed E-state index contributed by atoms with van der Waals surface area (Å²) in [6, 6.07) is 5.00. The summed E-state index contributed by atoms with van der Waals surface area (Å²) in [5, 5.41) is 12.4. The molecule has 0 saturated carbocycles. The third-order valence-electron chi connectivity index (χ3n) is 2.74. The molecule has 0 bridgehead atoms. The highest BCUT2D eigenvalue weighted by molar-refractivity contribution is 9.10. The largest absolute Gasteiger partial charge is 0.476 e. The SMILES string of the molecule is O=C(O)c1cc(-c2c(Br)ccc3c2COCO3)on1. The Morgan fingerprint density at radius 2 is 2.26 bits per heavy atom. The van der Waals surface area contributed by atoms with Crippen LogP contribution in [0.4, 0.5) is 0 Å². The summed E-state index contributed by atoms with van der Waals surface area (Å²) in [4.78, 5) is 10.8. The standard InChI is InChI=1S/C12H8BrNO5/c13-7-1-2-9-6(4-17-5-18-9)11(7)10-3-8(12(15)16)14-19-10/h1-3H,4-5H2,(H,15,16). The van der Waals surface area contributed by atoms with E-state index < -0.39 is 5.97 Å². The van der Waals surface area contributed by atoms with Crippen molar-refractivity contribution < 1.29 is 23.9 Å². The number of rotatable bonds is 2. The number of fused-ring (bicyclic) bond motifs is 1. The Morgan fingerprint density at radius 3 is 3.00 bits per heavy atom. The summed E-state index contributed by atoms with van der Waals surface area (Å²) < 4.78 is 16.5. The number of aromatic nitrogens is 1. The van der Waals surface area contributed by atoms with Crippen LogP contribution in [0, 0.1) is 0 Å². The average molecular weight is 326 g/mol. The molecule has 0 unspecified atom stereocenters. The summed E-state index contributed by atoms with van der Waals surface area (Å²) in [6.07, 6.45) is 0. The Bertz CT molecular complexity index is 652. The van der Waals surface area contributed by atoms with Gasteiger partial charge in [0.25, 0.3) is 0 Å². The number of nitrogens with zero attached hydrogens (tertiary/aromatic N) is 1. The molecule has 0 fully saturated rings. The fraction of sp³-hybridized carbons (Fsp3) is 0.167. The number of carboxylic acid groups (broad SMARTS) is 1. The van der Waals surface area contributed by atoms with Crippen LogP contribution >= 0.6 is 15.9 Å². The highest BCUT2D eigenvalue weighted by atomic mass is 79.9. The molecule has 0 aliphatic carbocycles. The maximum atomic E-state index is 10.8. The number of hydrogen-bond donors (Lipinski definition) is 1. The van der Waals surface area contributed by atoms with Crippen LogP contribution in [-0.4, -0.2) is 23.0 Å². The summed E-state index contributed by atoms with van der Waals surface area (Å²) in [7, 11) is 0. The molecule has 6 nitrogen and oxygen atoms in total. The van der Waals surface area contributed by atoms with Gasteiger partial charge in [0.2, 0.25) is 0 Å². The lowest BCUT2D eigenvalue weighted by Gasteiger charge is -2.20. The zero-order chi connectivity index (χ0) is 13.4. The molecule has 19 heavy (non-hydrogen) atoms. The van der Waals surface area contributed by atoms with Gasteiger partial charge in [-0.05, 0) is 12.1 Å². The third-order valence-corrected chi connectivity index (χ3v) is 3.40. The molecule has 1 N–H and O–H groups in total. The molecule has 1 aliphatic rings. The second-order valence-electron chi connectivity index (χ2n) is 3.89. The maximum Gasteiger partial charge on any atom is 0.358 e. The molecule has 2 aromatic rings. The van der Waals surface area contributed by atoms with Gasteiger partial charge in [-0.25, -0.2) is 4.79 Å². The van der Waals surface area contributed by atoms with Gasteiger partial charge in [0.15, 0.2) is 18.2 Å². The van der Waals surface area contributed by atoms with Crippen molar-refractivity contribution in [3.05, 3.63) is 33.9 Å². The van der Waals surface area contributed by atoms with Crippen LogP contribution in [0.25, 0.3) is 11.3 Å². The lowest BCUT2D eigenvalue weighted by molar-refractivity contribution is -0.0161. The Morgan fingerprint density at radius 1 is 1.42 bits per heavy atom. The normalized spacial score (nSPS) is 13.7. The third kappa shape index (κ3) is 2.11. The van der Waals surface area contributed by atoms with Crippen molar-refractivity contribution in [1.29, 1.82) is 0 Å². The van der Waals surface area contributed by atoms with E-state index in [2.05, 4.69) is 21.1 Å². The molecule has 98 valence electrons. The maximum absolute atomic E-state index is 10.8. The number of halogens is 1. The van der Waals surface area contributed by atoms with Crippen molar-refractivity contribution in [2.24, 2.45) is 0 Å². The zero-order valence-electron chi connectivity index (χ0n) is 9.55. The van der Waals surface area contributed by atoms with Gasteiger partial charge in [-0.15, -0.1) is 0 Å². The number of carbonyl (C=O) groups is 1. The molecular weight excluding hydrogens is 318 g/mol. The van der Waals surface area contributed by atoms with Crippen LogP contribution in [0.3, 0.4) is 0 Å². The highest BCUT2D eigenvalue weighted by Gasteiger charge is 2.22. The van der Waals surface area contributed by atoms with Gasteiger partial charge in [0.1, 0.15) is 5.75 Å². The number of aromatic carboxylic acids is 1. The molecule has 3 rings (SSSR count). The second kappa shape index (κ2) is 4.67. The Hall–Kier alpha value is -1.86. The fourth-order valence-corrected chi connectivity index (χ4v) is 2.45. The van der Waals surface area contributed by atoms with E-state index in [1.54, 1.807) is 0 Å². The molecule has 0 amide bonds. The second-order valence-corrected chi connectivity index (χ2v) is 4.75. The minimum Gasteiger partial charge on any atom is -0.476 e. The number of hydrogen-bond acceptors (Lipinski definition) is 5. The summed E-state index contributed by atoms with van der Waals surface area (Å²) in [6.45, 7) is 0.568. The summed E-state index contributed by atoms with van der Waals surface area (Å²) >= 11 is 3.41. The van der Waals surface area contributed by atoms with E-state index in [0.717, 1.165) is 10.0 Å². The Labute approximate surface area is 116 Å². The van der Waals surface area contributed by atoms with E-state index in [1.165, 1.54) is 6.07 Å². The van der Waals surface area contributed by atoms with Crippen LogP contribution in [-0.2, 0) is 11.3 Å². The molecular formula is C12H8BrNO5. The fourth-order valence-electron chi connectivity index (χ4n) is 1.89. The van der Waals surface area contributed by atoms with Crippen molar-refractivity contribution in [2.45, 2.75) is 6.61 Å². The van der Waals surface area contributed by atoms with Crippen molar-refractivity contribution in [2.75, 3.05) is 6.79 Å². The summed E-state index contributed by atoms with van der Waals surface area (Å²) in [5.74, 6) is -0.0867. The molecule has 2 heterocycles. The van der Waals surface area contributed by atoms with Crippen LogP contribution in [0.5, 0.6) is 5.75 Å². The number of benzene rings is 1. The zero-order valence-corrected chi connectivity index (χ0v) is 11.1. The van der Waals surface area contributed by atoms with Crippen LogP contribution in [0.1, 0.15) is 16.1 Å². The number of ether oxygens (including phenoxy) is 2. The van der Waals surface area contributed by atoms with Gasteiger partial charge in [-0.2, -0.15) is 0 Å². The molecule has 1 aliphatic heterocycles. The Balaban J connectivity index is 2.15. The molecule has 7 heteroatoms. The van der Waals surface area contributed by atoms with E-state index in [9.17, 15) is 4.79 Å². The van der Waals surface area contributed by atoms with Crippen molar-refractivity contribution in [1.82, 2.24) is 5.16 Å². The highest BCUT2D eigenvalue weighted by Crippen LogP contribution is 2.39. The molecule has 0 atom stereocenters. The average Bonchev–Trinajstić information content (AvgIpc) is 2.88. The first-order valence-electron chi connectivity index (χ1n) is 5.39. The topological polar surface area (TPSA) is 81.8 Å². The van der Waals surface area contributed by atoms with Gasteiger partial charge >= 0.3 is 5.97 Å². The molecule has 0 saturated heterocycles. The van der Waals surface area contributed by atoms with E-state index in [1.807, 2.05) is 12.1 Å². The molecule has 1 aromatic carbocycles. The molecule has 0 spiro atoms. The lowest BCUT2D eigenvalue weighted by atomic mass is 10.0. The first-order valence-corrected chi connectivity index (χ1v) is 6.18. The minimum absolute atomic E-state index is 0.142. The quantitative estimate of drug-likeness (QED) is 0.914. The lowest BCUT2D eigenvalue weighted by Crippen LogP contribution is -2.12. The first-order chi connectivity index (χ1) is 9.16. The van der Waals surface area contributed by atoms with Gasteiger partial charge in [0, 0.05) is 21.7 Å². The van der Waals surface area contributed by atoms with Gasteiger partial charge in [-0.3, -0.25) is 0 Å². The van der Waals surface area contributed by atoms with Gasteiger partial charge in [-0.1, -0.05) is 21.1 Å². The van der Waals surface area contributed by atoms with Gasteiger partial charge < -0.3 is 19.1 Å². The van der Waals surface area contributed by atoms with Crippen molar-refractivity contribution in [3.63, 3.8) is 0 Å². The monoisotopic (exact) mass is 325 g/mol. The molecule has 0 radical (unpaired) electrons. The van der Waals surface area contributed by atoms with E-state index in [-0.39, 0.29) is 12.5 Å². The minimum atomic E-state index is -1.14. The van der Waals surface area contributed by atoms with Crippen molar-refractivity contribution >= 4 is 21.9 Å². The molecule has 1 aromatic heterocycles. The van der Waals surface area contributed by atoms with Crippen LogP contribution in [0.2, 0.25) is 0 Å².